The largest absolute Gasteiger partial charge is 0.352 e. The highest BCUT2D eigenvalue weighted by Gasteiger charge is 2.05. The summed E-state index contributed by atoms with van der Waals surface area (Å²) in [5.74, 6) is -0.170. The molecule has 0 bridgehead atoms. The Balaban J connectivity index is 2.47. The summed E-state index contributed by atoms with van der Waals surface area (Å²) in [7, 11) is 0. The van der Waals surface area contributed by atoms with Gasteiger partial charge in [-0.3, -0.25) is 9.59 Å². The topological polar surface area (TPSA) is 70.2 Å². The Kier molecular flexibility index (Phi) is 7.35. The van der Waals surface area contributed by atoms with Crippen LogP contribution in [0.1, 0.15) is 37.0 Å². The van der Waals surface area contributed by atoms with E-state index in [1.807, 2.05) is 6.92 Å². The molecule has 110 valence electrons. The van der Waals surface area contributed by atoms with E-state index in [-0.39, 0.29) is 18.4 Å². The van der Waals surface area contributed by atoms with E-state index >= 15 is 0 Å². The Bertz CT molecular complexity index is 429. The zero-order valence-electron chi connectivity index (χ0n) is 12.2. The number of likely N-dealkylation sites (N-methyl/N-ethyl adjacent to an activating group) is 1. The Labute approximate surface area is 120 Å². The van der Waals surface area contributed by atoms with Crippen molar-refractivity contribution in [1.29, 1.82) is 0 Å². The number of unbranched alkanes of at least 4 members (excludes halogenated alkanes) is 1. The van der Waals surface area contributed by atoms with Gasteiger partial charge in [0.2, 0.25) is 5.91 Å². The number of anilines is 1. The molecule has 3 N–H and O–H groups in total. The van der Waals surface area contributed by atoms with Crippen LogP contribution >= 0.6 is 0 Å². The van der Waals surface area contributed by atoms with Gasteiger partial charge in [0.05, 0.1) is 6.54 Å². The smallest absolute Gasteiger partial charge is 0.251 e. The molecule has 0 aliphatic heterocycles. The molecule has 1 aromatic carbocycles. The van der Waals surface area contributed by atoms with E-state index in [1.165, 1.54) is 0 Å². The second-order valence-electron chi connectivity index (χ2n) is 4.52. The zero-order chi connectivity index (χ0) is 14.8. The molecule has 0 fully saturated rings. The number of hydrogen-bond donors (Lipinski definition) is 3. The number of hydrogen-bond acceptors (Lipinski definition) is 3. The summed E-state index contributed by atoms with van der Waals surface area (Å²) in [6.45, 7) is 5.76. The minimum Gasteiger partial charge on any atom is -0.352 e. The Morgan fingerprint density at radius 3 is 2.40 bits per heavy atom. The molecular weight excluding hydrogens is 254 g/mol. The van der Waals surface area contributed by atoms with Gasteiger partial charge in [-0.25, -0.2) is 0 Å². The lowest BCUT2D eigenvalue weighted by Gasteiger charge is -2.07. The first-order valence-electron chi connectivity index (χ1n) is 7.06. The van der Waals surface area contributed by atoms with Crippen LogP contribution < -0.4 is 16.0 Å². The molecule has 5 heteroatoms. The highest BCUT2D eigenvalue weighted by atomic mass is 16.2. The molecule has 0 radical (unpaired) electrons. The molecular formula is C15H23N3O2. The van der Waals surface area contributed by atoms with Gasteiger partial charge in [-0.1, -0.05) is 20.3 Å². The average molecular weight is 277 g/mol. The third-order valence-corrected chi connectivity index (χ3v) is 2.78. The van der Waals surface area contributed by atoms with Crippen LogP contribution in [0.25, 0.3) is 0 Å². The van der Waals surface area contributed by atoms with Crippen LogP contribution in [0.5, 0.6) is 0 Å². The summed E-state index contributed by atoms with van der Waals surface area (Å²) in [6.07, 6.45) is 2.03. The fraction of sp³-hybridized carbons (Fsp3) is 0.467. The average Bonchev–Trinajstić information content (AvgIpc) is 2.46. The van der Waals surface area contributed by atoms with Gasteiger partial charge >= 0.3 is 0 Å². The van der Waals surface area contributed by atoms with Gasteiger partial charge in [0, 0.05) is 17.8 Å². The van der Waals surface area contributed by atoms with Gasteiger partial charge in [0.1, 0.15) is 0 Å². The Morgan fingerprint density at radius 1 is 1.10 bits per heavy atom. The standard InChI is InChI=1S/C15H23N3O2/c1-3-5-10-17-15(20)12-6-8-13(9-7-12)18-14(19)11-16-4-2/h6-9,16H,3-5,10-11H2,1-2H3,(H,17,20)(H,18,19). The van der Waals surface area contributed by atoms with Gasteiger partial charge < -0.3 is 16.0 Å². The Morgan fingerprint density at radius 2 is 1.80 bits per heavy atom. The quantitative estimate of drug-likeness (QED) is 0.634. The second-order valence-corrected chi connectivity index (χ2v) is 4.52. The van der Waals surface area contributed by atoms with Crippen molar-refractivity contribution >= 4 is 17.5 Å². The van der Waals surface area contributed by atoms with Gasteiger partial charge in [0.25, 0.3) is 5.91 Å². The lowest BCUT2D eigenvalue weighted by atomic mass is 10.2. The monoisotopic (exact) mass is 277 g/mol. The maximum absolute atomic E-state index is 11.8. The van der Waals surface area contributed by atoms with Crippen LogP contribution in [0.15, 0.2) is 24.3 Å². The molecule has 1 rings (SSSR count). The lowest BCUT2D eigenvalue weighted by molar-refractivity contribution is -0.115. The van der Waals surface area contributed by atoms with E-state index < -0.39 is 0 Å². The molecule has 0 saturated carbocycles. The van der Waals surface area contributed by atoms with Crippen LogP contribution in [-0.4, -0.2) is 31.4 Å². The van der Waals surface area contributed by atoms with Crippen molar-refractivity contribution in [3.05, 3.63) is 29.8 Å². The molecule has 0 heterocycles. The van der Waals surface area contributed by atoms with Crippen molar-refractivity contribution in [2.24, 2.45) is 0 Å². The first-order valence-corrected chi connectivity index (χ1v) is 7.06. The fourth-order valence-electron chi connectivity index (χ4n) is 1.63. The predicted octanol–water partition coefficient (Wildman–Crippen LogP) is 1.76. The van der Waals surface area contributed by atoms with E-state index in [2.05, 4.69) is 22.9 Å². The lowest BCUT2D eigenvalue weighted by Crippen LogP contribution is -2.27. The van der Waals surface area contributed by atoms with E-state index in [0.717, 1.165) is 19.4 Å². The highest BCUT2D eigenvalue weighted by Crippen LogP contribution is 2.09. The van der Waals surface area contributed by atoms with Crippen LogP contribution in [0.3, 0.4) is 0 Å². The zero-order valence-corrected chi connectivity index (χ0v) is 12.2. The molecule has 0 aliphatic rings. The van der Waals surface area contributed by atoms with Crippen molar-refractivity contribution in [3.8, 4) is 0 Å². The van der Waals surface area contributed by atoms with Gasteiger partial charge in [-0.05, 0) is 37.2 Å². The molecule has 0 aliphatic carbocycles. The van der Waals surface area contributed by atoms with Crippen LogP contribution in [0.2, 0.25) is 0 Å². The first kappa shape index (κ1) is 16.2. The van der Waals surface area contributed by atoms with Crippen LogP contribution in [0, 0.1) is 0 Å². The maximum atomic E-state index is 11.8. The second kappa shape index (κ2) is 9.09. The molecule has 0 unspecified atom stereocenters. The minimum atomic E-state index is -0.0907. The van der Waals surface area contributed by atoms with Gasteiger partial charge in [0.15, 0.2) is 0 Å². The Hall–Kier alpha value is -1.88. The normalized spacial score (nSPS) is 10.1. The number of amides is 2. The summed E-state index contributed by atoms with van der Waals surface area (Å²) >= 11 is 0. The van der Waals surface area contributed by atoms with Crippen molar-refractivity contribution < 1.29 is 9.59 Å². The van der Waals surface area contributed by atoms with E-state index in [4.69, 9.17) is 0 Å². The third kappa shape index (κ3) is 5.84. The summed E-state index contributed by atoms with van der Waals surface area (Å²) < 4.78 is 0. The maximum Gasteiger partial charge on any atom is 0.251 e. The molecule has 0 atom stereocenters. The van der Waals surface area contributed by atoms with E-state index in [1.54, 1.807) is 24.3 Å². The third-order valence-electron chi connectivity index (χ3n) is 2.78. The molecule has 0 spiro atoms. The fourth-order valence-corrected chi connectivity index (χ4v) is 1.63. The number of nitrogens with one attached hydrogen (secondary N) is 3. The molecule has 5 nitrogen and oxygen atoms in total. The van der Waals surface area contributed by atoms with Gasteiger partial charge in [-0.15, -0.1) is 0 Å². The number of benzene rings is 1. The summed E-state index contributed by atoms with van der Waals surface area (Å²) in [5.41, 5.74) is 1.30. The van der Waals surface area contributed by atoms with E-state index in [0.29, 0.717) is 17.8 Å². The summed E-state index contributed by atoms with van der Waals surface area (Å²) in [6, 6.07) is 6.89. The van der Waals surface area contributed by atoms with Gasteiger partial charge in [-0.2, -0.15) is 0 Å². The molecule has 0 saturated heterocycles. The van der Waals surface area contributed by atoms with Crippen LogP contribution in [0.4, 0.5) is 5.69 Å². The molecule has 2 amide bonds. The van der Waals surface area contributed by atoms with Crippen molar-refractivity contribution in [1.82, 2.24) is 10.6 Å². The predicted molar refractivity (Wildman–Crippen MR) is 80.9 cm³/mol. The molecule has 20 heavy (non-hydrogen) atoms. The number of carbonyl (C=O) groups excluding carboxylic acids is 2. The van der Waals surface area contributed by atoms with Crippen LogP contribution in [-0.2, 0) is 4.79 Å². The highest BCUT2D eigenvalue weighted by molar-refractivity contribution is 5.96. The summed E-state index contributed by atoms with van der Waals surface area (Å²) in [5, 5.41) is 8.56. The van der Waals surface area contributed by atoms with Crippen molar-refractivity contribution in [3.63, 3.8) is 0 Å². The first-order chi connectivity index (χ1) is 9.67. The number of carbonyl (C=O) groups is 2. The van der Waals surface area contributed by atoms with E-state index in [9.17, 15) is 9.59 Å². The summed E-state index contributed by atoms with van der Waals surface area (Å²) in [4.78, 5) is 23.3. The SMILES string of the molecule is CCCCNC(=O)c1ccc(NC(=O)CNCC)cc1. The van der Waals surface area contributed by atoms with Crippen molar-refractivity contribution in [2.75, 3.05) is 25.0 Å². The molecule has 0 aromatic heterocycles. The minimum absolute atomic E-state index is 0.0797. The van der Waals surface area contributed by atoms with Crippen molar-refractivity contribution in [2.45, 2.75) is 26.7 Å². The number of rotatable bonds is 8. The molecule has 1 aromatic rings.